The maximum absolute atomic E-state index is 8.00. The fraction of sp³-hybridized carbons (Fsp3) is 0.417. The van der Waals surface area contributed by atoms with Crippen LogP contribution < -0.4 is 5.73 Å². The van der Waals surface area contributed by atoms with Gasteiger partial charge in [-0.3, -0.25) is 5.41 Å². The van der Waals surface area contributed by atoms with Crippen molar-refractivity contribution in [2.75, 3.05) is 5.73 Å². The van der Waals surface area contributed by atoms with Crippen LogP contribution in [0.15, 0.2) is 17.8 Å². The van der Waals surface area contributed by atoms with Crippen LogP contribution in [0.2, 0.25) is 0 Å². The van der Waals surface area contributed by atoms with Gasteiger partial charge in [-0.1, -0.05) is 19.9 Å². The minimum Gasteiger partial charge on any atom is -0.382 e. The van der Waals surface area contributed by atoms with Gasteiger partial charge >= 0.3 is 0 Å². The molecule has 0 aliphatic heterocycles. The van der Waals surface area contributed by atoms with Gasteiger partial charge < -0.3 is 5.73 Å². The summed E-state index contributed by atoms with van der Waals surface area (Å²) in [5.74, 6) is 0.325. The van der Waals surface area contributed by atoms with Crippen molar-refractivity contribution in [1.29, 1.82) is 5.41 Å². The first-order valence-corrected chi connectivity index (χ1v) is 5.47. The quantitative estimate of drug-likeness (QED) is 0.761. The van der Waals surface area contributed by atoms with E-state index >= 15 is 0 Å². The zero-order valence-corrected chi connectivity index (χ0v) is 10.0. The summed E-state index contributed by atoms with van der Waals surface area (Å²) in [7, 11) is 0. The van der Waals surface area contributed by atoms with E-state index in [1.54, 1.807) is 6.20 Å². The monoisotopic (exact) mass is 218 g/mol. The van der Waals surface area contributed by atoms with Gasteiger partial charge in [0.2, 0.25) is 0 Å². The minimum atomic E-state index is 0.325. The first-order valence-electron chi connectivity index (χ1n) is 5.47. The molecule has 0 fully saturated rings. The van der Waals surface area contributed by atoms with E-state index in [2.05, 4.69) is 9.97 Å². The van der Waals surface area contributed by atoms with Crippen LogP contribution >= 0.6 is 0 Å². The zero-order chi connectivity index (χ0) is 12.1. The number of nitrogens with zero attached hydrogens (tertiary/aromatic N) is 2. The van der Waals surface area contributed by atoms with Gasteiger partial charge in [-0.25, -0.2) is 9.97 Å². The lowest BCUT2D eigenvalue weighted by atomic mass is 10.1. The number of nitrogens with one attached hydrogen (secondary N) is 1. The number of nitrogens with two attached hydrogens (primary N) is 1. The van der Waals surface area contributed by atoms with Crippen LogP contribution in [0.5, 0.6) is 0 Å². The van der Waals surface area contributed by atoms with E-state index in [9.17, 15) is 0 Å². The molecular formula is C12H18N4. The molecule has 0 radical (unpaired) electrons. The first-order chi connectivity index (χ1) is 7.60. The van der Waals surface area contributed by atoms with Gasteiger partial charge in [-0.05, 0) is 25.3 Å². The molecule has 0 aliphatic carbocycles. The third-order valence-electron chi connectivity index (χ3n) is 2.35. The highest BCUT2D eigenvalue weighted by Crippen LogP contribution is 2.12. The summed E-state index contributed by atoms with van der Waals surface area (Å²) in [6, 6.07) is 0. The predicted molar refractivity (Wildman–Crippen MR) is 66.7 cm³/mol. The van der Waals surface area contributed by atoms with E-state index in [0.29, 0.717) is 17.2 Å². The molecule has 1 rings (SSSR count). The van der Waals surface area contributed by atoms with Gasteiger partial charge in [0, 0.05) is 0 Å². The van der Waals surface area contributed by atoms with Crippen LogP contribution in [-0.2, 0) is 6.42 Å². The second kappa shape index (κ2) is 5.39. The summed E-state index contributed by atoms with van der Waals surface area (Å²) in [5, 5.41) is 8.00. The average molecular weight is 218 g/mol. The molecule has 3 N–H and O–H groups in total. The zero-order valence-electron chi connectivity index (χ0n) is 10.0. The number of rotatable bonds is 4. The summed E-state index contributed by atoms with van der Waals surface area (Å²) in [4.78, 5) is 8.40. The molecule has 4 nitrogen and oxygen atoms in total. The second-order valence-electron chi connectivity index (χ2n) is 3.62. The Bertz CT molecular complexity index is 421. The molecule has 0 saturated heterocycles. The van der Waals surface area contributed by atoms with E-state index in [-0.39, 0.29) is 0 Å². The molecular weight excluding hydrogens is 200 g/mol. The molecule has 1 aromatic heterocycles. The summed E-state index contributed by atoms with van der Waals surface area (Å²) in [6.45, 7) is 5.93. The number of anilines is 1. The fourth-order valence-electron chi connectivity index (χ4n) is 1.38. The maximum Gasteiger partial charge on any atom is 0.151 e. The molecule has 0 spiro atoms. The van der Waals surface area contributed by atoms with E-state index in [1.807, 2.05) is 26.8 Å². The van der Waals surface area contributed by atoms with Gasteiger partial charge in [0.05, 0.1) is 17.6 Å². The van der Waals surface area contributed by atoms with Crippen LogP contribution in [0.1, 0.15) is 38.6 Å². The highest BCUT2D eigenvalue weighted by atomic mass is 14.9. The molecule has 0 atom stereocenters. The Balaban J connectivity index is 3.12. The van der Waals surface area contributed by atoms with Crippen molar-refractivity contribution in [2.24, 2.45) is 0 Å². The predicted octanol–water partition coefficient (Wildman–Crippen LogP) is 2.35. The number of hydrogen-bond acceptors (Lipinski definition) is 4. The molecule has 16 heavy (non-hydrogen) atoms. The Morgan fingerprint density at radius 2 is 2.19 bits per heavy atom. The van der Waals surface area contributed by atoms with Crippen LogP contribution in [0.3, 0.4) is 0 Å². The first kappa shape index (κ1) is 12.4. The Labute approximate surface area is 96.1 Å². The number of hydrogen-bond donors (Lipinski definition) is 2. The van der Waals surface area contributed by atoms with E-state index in [1.165, 1.54) is 0 Å². The molecule has 0 saturated carbocycles. The molecule has 1 heterocycles. The summed E-state index contributed by atoms with van der Waals surface area (Å²) in [5.41, 5.74) is 8.33. The molecule has 0 bridgehead atoms. The highest BCUT2D eigenvalue weighted by molar-refractivity contribution is 6.11. The largest absolute Gasteiger partial charge is 0.382 e. The van der Waals surface area contributed by atoms with Crippen molar-refractivity contribution in [3.63, 3.8) is 0 Å². The average Bonchev–Trinajstić information content (AvgIpc) is 2.29. The molecule has 1 aromatic rings. The van der Waals surface area contributed by atoms with Crippen molar-refractivity contribution >= 4 is 11.5 Å². The Hall–Kier alpha value is -1.71. The SMILES string of the molecule is CC/C=C(\C)C(=N)c1nc(CC)cnc1N. The van der Waals surface area contributed by atoms with Crippen LogP contribution in [0, 0.1) is 5.41 Å². The molecule has 0 aliphatic rings. The summed E-state index contributed by atoms with van der Waals surface area (Å²) >= 11 is 0. The third-order valence-corrected chi connectivity index (χ3v) is 2.35. The van der Waals surface area contributed by atoms with Gasteiger partial charge in [0.15, 0.2) is 5.82 Å². The fourth-order valence-corrected chi connectivity index (χ4v) is 1.38. The van der Waals surface area contributed by atoms with Crippen molar-refractivity contribution in [3.8, 4) is 0 Å². The summed E-state index contributed by atoms with van der Waals surface area (Å²) in [6.07, 6.45) is 5.34. The maximum atomic E-state index is 8.00. The van der Waals surface area contributed by atoms with Gasteiger partial charge in [0.25, 0.3) is 0 Å². The lowest BCUT2D eigenvalue weighted by Gasteiger charge is -2.07. The van der Waals surface area contributed by atoms with Crippen LogP contribution in [0.25, 0.3) is 0 Å². The van der Waals surface area contributed by atoms with E-state index < -0.39 is 0 Å². The molecule has 86 valence electrons. The molecule has 0 amide bonds. The lowest BCUT2D eigenvalue weighted by molar-refractivity contribution is 0.994. The second-order valence-corrected chi connectivity index (χ2v) is 3.62. The Kier molecular flexibility index (Phi) is 4.17. The third kappa shape index (κ3) is 2.66. The summed E-state index contributed by atoms with van der Waals surface area (Å²) < 4.78 is 0. The molecule has 4 heteroatoms. The Morgan fingerprint density at radius 3 is 2.75 bits per heavy atom. The van der Waals surface area contributed by atoms with Crippen molar-refractivity contribution < 1.29 is 0 Å². The number of allylic oxidation sites excluding steroid dienone is 2. The standard InChI is InChI=1S/C12H18N4/c1-4-6-8(3)10(13)11-12(14)15-7-9(5-2)16-11/h6-7,13H,4-5H2,1-3H3,(H2,14,15)/b8-6+,13-10?. The lowest BCUT2D eigenvalue weighted by Crippen LogP contribution is -2.11. The van der Waals surface area contributed by atoms with Gasteiger partial charge in [-0.2, -0.15) is 0 Å². The van der Waals surface area contributed by atoms with Gasteiger partial charge in [0.1, 0.15) is 5.69 Å². The van der Waals surface area contributed by atoms with Crippen molar-refractivity contribution in [3.05, 3.63) is 29.2 Å². The van der Waals surface area contributed by atoms with Crippen molar-refractivity contribution in [1.82, 2.24) is 9.97 Å². The smallest absolute Gasteiger partial charge is 0.151 e. The highest BCUT2D eigenvalue weighted by Gasteiger charge is 2.11. The van der Waals surface area contributed by atoms with Gasteiger partial charge in [-0.15, -0.1) is 0 Å². The van der Waals surface area contributed by atoms with Crippen molar-refractivity contribution in [2.45, 2.75) is 33.6 Å². The van der Waals surface area contributed by atoms with E-state index in [0.717, 1.165) is 24.1 Å². The topological polar surface area (TPSA) is 75.7 Å². The number of aromatic nitrogens is 2. The Morgan fingerprint density at radius 1 is 1.50 bits per heavy atom. The number of nitrogen functional groups attached to an aromatic ring is 1. The minimum absolute atomic E-state index is 0.325. The molecule has 0 aromatic carbocycles. The number of aryl methyl sites for hydroxylation is 1. The van der Waals surface area contributed by atoms with Crippen LogP contribution in [-0.4, -0.2) is 15.7 Å². The van der Waals surface area contributed by atoms with Crippen LogP contribution in [0.4, 0.5) is 5.82 Å². The molecule has 0 unspecified atom stereocenters. The van der Waals surface area contributed by atoms with E-state index in [4.69, 9.17) is 11.1 Å². The normalized spacial score (nSPS) is 11.6.